The molecule has 0 fully saturated rings. The van der Waals surface area contributed by atoms with E-state index in [4.69, 9.17) is 11.6 Å². The maximum atomic E-state index is 12.1. The summed E-state index contributed by atoms with van der Waals surface area (Å²) < 4.78 is 0. The molecule has 0 atom stereocenters. The van der Waals surface area contributed by atoms with Crippen LogP contribution in [0.15, 0.2) is 67.1 Å². The summed E-state index contributed by atoms with van der Waals surface area (Å²) in [5.41, 5.74) is 2.53. The highest BCUT2D eigenvalue weighted by Gasteiger charge is 2.06. The van der Waals surface area contributed by atoms with Crippen LogP contribution in [0.3, 0.4) is 0 Å². The molecule has 0 aliphatic heterocycles. The molecule has 1 amide bonds. The summed E-state index contributed by atoms with van der Waals surface area (Å²) in [6, 6.07) is 14.2. The maximum Gasteiger partial charge on any atom is 0.256 e. The molecule has 24 heavy (non-hydrogen) atoms. The molecule has 2 aromatic heterocycles. The number of amides is 1. The molecule has 0 bridgehead atoms. The van der Waals surface area contributed by atoms with E-state index < -0.39 is 0 Å². The first-order valence-corrected chi connectivity index (χ1v) is 7.74. The minimum atomic E-state index is -0.225. The zero-order valence-corrected chi connectivity index (χ0v) is 13.5. The third-order valence-corrected chi connectivity index (χ3v) is 3.61. The Morgan fingerprint density at radius 1 is 1.00 bits per heavy atom. The van der Waals surface area contributed by atoms with Crippen molar-refractivity contribution in [1.82, 2.24) is 9.97 Å². The molecule has 3 aromatic rings. The van der Waals surface area contributed by atoms with Gasteiger partial charge in [-0.15, -0.1) is 0 Å². The van der Waals surface area contributed by atoms with E-state index in [1.165, 1.54) is 0 Å². The van der Waals surface area contributed by atoms with Crippen LogP contribution in [-0.4, -0.2) is 15.9 Å². The van der Waals surface area contributed by atoms with E-state index in [0.29, 0.717) is 22.9 Å². The van der Waals surface area contributed by atoms with Gasteiger partial charge in [0.1, 0.15) is 5.82 Å². The van der Waals surface area contributed by atoms with Gasteiger partial charge in [-0.1, -0.05) is 11.6 Å². The van der Waals surface area contributed by atoms with Gasteiger partial charge in [-0.25, -0.2) is 4.98 Å². The molecule has 2 heterocycles. The number of rotatable bonds is 5. The second-order valence-electron chi connectivity index (χ2n) is 5.10. The Morgan fingerprint density at radius 2 is 1.75 bits per heavy atom. The van der Waals surface area contributed by atoms with Crippen molar-refractivity contribution in [3.8, 4) is 0 Å². The van der Waals surface area contributed by atoms with Gasteiger partial charge in [-0.3, -0.25) is 9.78 Å². The summed E-state index contributed by atoms with van der Waals surface area (Å²) in [5.74, 6) is 0.265. The van der Waals surface area contributed by atoms with Gasteiger partial charge in [0.15, 0.2) is 0 Å². The average molecular weight is 339 g/mol. The number of nitrogens with one attached hydrogen (secondary N) is 2. The number of carbonyl (C=O) groups excluding carboxylic acids is 1. The van der Waals surface area contributed by atoms with Crippen LogP contribution < -0.4 is 10.6 Å². The SMILES string of the molecule is O=C(Nc1ccc(NCc2ccncc2)cn1)c1ccc(Cl)cc1. The van der Waals surface area contributed by atoms with Crippen molar-refractivity contribution in [1.29, 1.82) is 0 Å². The molecule has 120 valence electrons. The lowest BCUT2D eigenvalue weighted by Crippen LogP contribution is -2.12. The summed E-state index contributed by atoms with van der Waals surface area (Å²) >= 11 is 5.81. The van der Waals surface area contributed by atoms with Gasteiger partial charge >= 0.3 is 0 Å². The Labute approximate surface area is 144 Å². The third-order valence-electron chi connectivity index (χ3n) is 3.36. The number of aromatic nitrogens is 2. The number of hydrogen-bond donors (Lipinski definition) is 2. The normalized spacial score (nSPS) is 10.2. The lowest BCUT2D eigenvalue weighted by Gasteiger charge is -2.08. The summed E-state index contributed by atoms with van der Waals surface area (Å²) in [6.45, 7) is 0.681. The van der Waals surface area contributed by atoms with Crippen molar-refractivity contribution in [2.75, 3.05) is 10.6 Å². The highest BCUT2D eigenvalue weighted by Crippen LogP contribution is 2.14. The van der Waals surface area contributed by atoms with E-state index in [1.807, 2.05) is 18.2 Å². The van der Waals surface area contributed by atoms with Crippen LogP contribution in [0.2, 0.25) is 5.02 Å². The highest BCUT2D eigenvalue weighted by atomic mass is 35.5. The third kappa shape index (κ3) is 4.30. The molecule has 3 rings (SSSR count). The number of anilines is 2. The molecule has 0 aliphatic carbocycles. The van der Waals surface area contributed by atoms with Gasteiger partial charge in [0.25, 0.3) is 5.91 Å². The van der Waals surface area contributed by atoms with Gasteiger partial charge in [-0.2, -0.15) is 0 Å². The van der Waals surface area contributed by atoms with Crippen molar-refractivity contribution < 1.29 is 4.79 Å². The second kappa shape index (κ2) is 7.57. The largest absolute Gasteiger partial charge is 0.380 e. The number of pyridine rings is 2. The van der Waals surface area contributed by atoms with E-state index in [1.54, 1.807) is 48.9 Å². The summed E-state index contributed by atoms with van der Waals surface area (Å²) in [7, 11) is 0. The number of nitrogens with zero attached hydrogens (tertiary/aromatic N) is 2. The summed E-state index contributed by atoms with van der Waals surface area (Å²) in [4.78, 5) is 20.3. The van der Waals surface area contributed by atoms with Crippen molar-refractivity contribution in [2.24, 2.45) is 0 Å². The van der Waals surface area contributed by atoms with Gasteiger partial charge in [0, 0.05) is 29.5 Å². The van der Waals surface area contributed by atoms with Gasteiger partial charge in [0.2, 0.25) is 0 Å². The predicted molar refractivity (Wildman–Crippen MR) is 95.2 cm³/mol. The van der Waals surface area contributed by atoms with E-state index in [2.05, 4.69) is 20.6 Å². The molecule has 0 saturated heterocycles. The second-order valence-corrected chi connectivity index (χ2v) is 5.54. The van der Waals surface area contributed by atoms with Crippen molar-refractivity contribution in [3.05, 3.63) is 83.3 Å². The first-order valence-electron chi connectivity index (χ1n) is 7.36. The van der Waals surface area contributed by atoms with Crippen molar-refractivity contribution in [3.63, 3.8) is 0 Å². The molecule has 5 nitrogen and oxygen atoms in total. The van der Waals surface area contributed by atoms with Crippen LogP contribution in [0, 0.1) is 0 Å². The molecule has 2 N–H and O–H groups in total. The van der Waals surface area contributed by atoms with Crippen LogP contribution >= 0.6 is 11.6 Å². The Balaban J connectivity index is 1.58. The van der Waals surface area contributed by atoms with Gasteiger partial charge in [-0.05, 0) is 54.1 Å². The fourth-order valence-corrected chi connectivity index (χ4v) is 2.19. The molecule has 0 unspecified atom stereocenters. The Bertz CT molecular complexity index is 805. The molecule has 0 aliphatic rings. The van der Waals surface area contributed by atoms with E-state index in [0.717, 1.165) is 11.3 Å². The van der Waals surface area contributed by atoms with Gasteiger partial charge < -0.3 is 10.6 Å². The average Bonchev–Trinajstić information content (AvgIpc) is 2.62. The fraction of sp³-hybridized carbons (Fsp3) is 0.0556. The molecule has 6 heteroatoms. The summed E-state index contributed by atoms with van der Waals surface area (Å²) in [6.07, 6.45) is 5.19. The maximum absolute atomic E-state index is 12.1. The lowest BCUT2D eigenvalue weighted by molar-refractivity contribution is 0.102. The summed E-state index contributed by atoms with van der Waals surface area (Å²) in [5, 5.41) is 6.60. The zero-order valence-electron chi connectivity index (χ0n) is 12.7. The molecule has 0 spiro atoms. The first kappa shape index (κ1) is 16.0. The van der Waals surface area contributed by atoms with E-state index >= 15 is 0 Å². The monoisotopic (exact) mass is 338 g/mol. The molecule has 0 saturated carbocycles. The van der Waals surface area contributed by atoms with E-state index in [-0.39, 0.29) is 5.91 Å². The highest BCUT2D eigenvalue weighted by molar-refractivity contribution is 6.30. The molecular weight excluding hydrogens is 324 g/mol. The number of hydrogen-bond acceptors (Lipinski definition) is 4. The number of benzene rings is 1. The minimum absolute atomic E-state index is 0.225. The Hall–Kier alpha value is -2.92. The van der Waals surface area contributed by atoms with Crippen LogP contribution in [0.4, 0.5) is 11.5 Å². The number of carbonyl (C=O) groups is 1. The van der Waals surface area contributed by atoms with Gasteiger partial charge in [0.05, 0.1) is 11.9 Å². The van der Waals surface area contributed by atoms with Crippen LogP contribution in [0.25, 0.3) is 0 Å². The molecule has 0 radical (unpaired) electrons. The van der Waals surface area contributed by atoms with Crippen LogP contribution in [-0.2, 0) is 6.54 Å². The Morgan fingerprint density at radius 3 is 2.42 bits per heavy atom. The van der Waals surface area contributed by atoms with E-state index in [9.17, 15) is 4.79 Å². The van der Waals surface area contributed by atoms with Crippen molar-refractivity contribution >= 4 is 29.0 Å². The smallest absolute Gasteiger partial charge is 0.256 e. The molecular formula is C18H15ClN4O. The molecule has 1 aromatic carbocycles. The lowest BCUT2D eigenvalue weighted by atomic mass is 10.2. The minimum Gasteiger partial charge on any atom is -0.380 e. The van der Waals surface area contributed by atoms with Crippen LogP contribution in [0.5, 0.6) is 0 Å². The fourth-order valence-electron chi connectivity index (χ4n) is 2.07. The quantitative estimate of drug-likeness (QED) is 0.738. The number of halogens is 1. The topological polar surface area (TPSA) is 66.9 Å². The van der Waals surface area contributed by atoms with Crippen molar-refractivity contribution in [2.45, 2.75) is 6.54 Å². The standard InChI is InChI=1S/C18H15ClN4O/c19-15-3-1-14(2-4-15)18(24)23-17-6-5-16(12-22-17)21-11-13-7-9-20-10-8-13/h1-10,12,21H,11H2,(H,22,23,24). The first-order chi connectivity index (χ1) is 11.7. The Kier molecular flexibility index (Phi) is 5.03. The van der Waals surface area contributed by atoms with Crippen LogP contribution in [0.1, 0.15) is 15.9 Å². The predicted octanol–water partition coefficient (Wildman–Crippen LogP) is 3.99. The zero-order chi connectivity index (χ0) is 16.8.